The minimum Gasteiger partial charge on any atom is -0.347 e. The zero-order chi connectivity index (χ0) is 20.6. The maximum atomic E-state index is 12.8. The third-order valence-electron chi connectivity index (χ3n) is 5.13. The summed E-state index contributed by atoms with van der Waals surface area (Å²) >= 11 is 1.50. The first kappa shape index (κ1) is 19.8. The summed E-state index contributed by atoms with van der Waals surface area (Å²) in [5, 5.41) is 2.89. The third kappa shape index (κ3) is 3.73. The highest BCUT2D eigenvalue weighted by atomic mass is 32.2. The number of hydrogen-bond donors (Lipinski definition) is 1. The minimum absolute atomic E-state index is 0.154. The van der Waals surface area contributed by atoms with Gasteiger partial charge in [-0.3, -0.25) is 4.79 Å². The molecule has 0 saturated heterocycles. The van der Waals surface area contributed by atoms with Gasteiger partial charge in [0.05, 0.1) is 9.77 Å². The Balaban J connectivity index is 1.55. The molecule has 0 radical (unpaired) electrons. The van der Waals surface area contributed by atoms with Gasteiger partial charge in [-0.05, 0) is 47.2 Å². The van der Waals surface area contributed by atoms with Gasteiger partial charge < -0.3 is 5.32 Å². The van der Waals surface area contributed by atoms with E-state index < -0.39 is 10.0 Å². The largest absolute Gasteiger partial charge is 0.347 e. The number of aryl methyl sites for hydroxylation is 2. The normalized spacial score (nSPS) is 13.1. The monoisotopic (exact) mass is 426 g/mol. The topological polar surface area (TPSA) is 66.5 Å². The molecule has 1 aliphatic carbocycles. The smallest absolute Gasteiger partial charge is 0.261 e. The van der Waals surface area contributed by atoms with E-state index in [1.165, 1.54) is 46.4 Å². The van der Waals surface area contributed by atoms with Crippen molar-refractivity contribution in [2.75, 3.05) is 14.1 Å². The van der Waals surface area contributed by atoms with E-state index in [1.807, 2.05) is 18.2 Å². The Hall–Kier alpha value is -2.48. The Morgan fingerprint density at radius 3 is 2.52 bits per heavy atom. The van der Waals surface area contributed by atoms with Crippen molar-refractivity contribution < 1.29 is 13.2 Å². The summed E-state index contributed by atoms with van der Waals surface area (Å²) in [6.45, 7) is 0.154. The first-order chi connectivity index (χ1) is 13.9. The molecule has 4 rings (SSSR count). The van der Waals surface area contributed by atoms with E-state index in [1.54, 1.807) is 24.3 Å². The lowest BCUT2D eigenvalue weighted by Crippen LogP contribution is -2.26. The van der Waals surface area contributed by atoms with Crippen molar-refractivity contribution in [2.24, 2.45) is 0 Å². The molecule has 0 aliphatic heterocycles. The van der Waals surface area contributed by atoms with Gasteiger partial charge >= 0.3 is 0 Å². The molecule has 1 N–H and O–H groups in total. The second kappa shape index (κ2) is 7.74. The number of sulfonamides is 1. The van der Waals surface area contributed by atoms with Gasteiger partial charge in [0.1, 0.15) is 0 Å². The maximum absolute atomic E-state index is 12.8. The summed E-state index contributed by atoms with van der Waals surface area (Å²) in [5.41, 5.74) is 4.30. The Kier molecular flexibility index (Phi) is 5.29. The lowest BCUT2D eigenvalue weighted by molar-refractivity contribution is 0.0954. The van der Waals surface area contributed by atoms with Crippen molar-refractivity contribution >= 4 is 27.3 Å². The van der Waals surface area contributed by atoms with Crippen LogP contribution in [-0.2, 0) is 29.4 Å². The Morgan fingerprint density at radius 1 is 1.03 bits per heavy atom. The number of fused-ring (bicyclic) bond motifs is 3. The van der Waals surface area contributed by atoms with E-state index in [0.717, 1.165) is 17.7 Å². The van der Waals surface area contributed by atoms with Crippen LogP contribution in [0.3, 0.4) is 0 Å². The molecule has 0 saturated carbocycles. The highest BCUT2D eigenvalue weighted by Crippen LogP contribution is 2.39. The average molecular weight is 427 g/mol. The second-order valence-electron chi connectivity index (χ2n) is 7.20. The number of nitrogens with one attached hydrogen (secondary N) is 1. The van der Waals surface area contributed by atoms with Crippen molar-refractivity contribution in [3.05, 3.63) is 76.2 Å². The molecule has 1 aliphatic rings. The molecule has 0 bridgehead atoms. The van der Waals surface area contributed by atoms with Crippen LogP contribution in [0.25, 0.3) is 10.4 Å². The predicted octanol–water partition coefficient (Wildman–Crippen LogP) is 3.69. The average Bonchev–Trinajstić information content (AvgIpc) is 3.17. The van der Waals surface area contributed by atoms with Gasteiger partial charge in [0, 0.05) is 25.5 Å². The van der Waals surface area contributed by atoms with Crippen LogP contribution in [-0.4, -0.2) is 32.7 Å². The maximum Gasteiger partial charge on any atom is 0.261 e. The van der Waals surface area contributed by atoms with E-state index in [2.05, 4.69) is 17.4 Å². The fourth-order valence-electron chi connectivity index (χ4n) is 3.54. The Bertz CT molecular complexity index is 1180. The van der Waals surface area contributed by atoms with Crippen molar-refractivity contribution in [1.29, 1.82) is 0 Å². The zero-order valence-corrected chi connectivity index (χ0v) is 17.9. The molecular weight excluding hydrogens is 404 g/mol. The lowest BCUT2D eigenvalue weighted by atomic mass is 9.91. The van der Waals surface area contributed by atoms with E-state index in [0.29, 0.717) is 10.4 Å². The molecule has 2 aromatic carbocycles. The van der Waals surface area contributed by atoms with E-state index >= 15 is 0 Å². The number of rotatable bonds is 5. The quantitative estimate of drug-likeness (QED) is 0.677. The highest BCUT2D eigenvalue weighted by Gasteiger charge is 2.23. The van der Waals surface area contributed by atoms with Gasteiger partial charge in [0.15, 0.2) is 0 Å². The van der Waals surface area contributed by atoms with Gasteiger partial charge in [-0.25, -0.2) is 12.7 Å². The molecule has 0 atom stereocenters. The van der Waals surface area contributed by atoms with Crippen LogP contribution in [0.2, 0.25) is 0 Å². The third-order valence-corrected chi connectivity index (χ3v) is 8.25. The van der Waals surface area contributed by atoms with Gasteiger partial charge in [-0.2, -0.15) is 0 Å². The molecule has 0 unspecified atom stereocenters. The van der Waals surface area contributed by atoms with Gasteiger partial charge in [0.2, 0.25) is 10.0 Å². The fraction of sp³-hybridized carbons (Fsp3) is 0.227. The summed E-state index contributed by atoms with van der Waals surface area (Å²) in [6, 6.07) is 17.0. The number of nitrogens with zero attached hydrogens (tertiary/aromatic N) is 1. The summed E-state index contributed by atoms with van der Waals surface area (Å²) < 4.78 is 26.2. The minimum atomic E-state index is -3.57. The lowest BCUT2D eigenvalue weighted by Gasteiger charge is -2.15. The number of carbonyl (C=O) groups is 1. The van der Waals surface area contributed by atoms with Crippen LogP contribution >= 0.6 is 11.3 Å². The van der Waals surface area contributed by atoms with Gasteiger partial charge in [-0.15, -0.1) is 11.3 Å². The van der Waals surface area contributed by atoms with Gasteiger partial charge in [0.25, 0.3) is 5.91 Å². The number of carbonyl (C=O) groups excluding carboxylic acids is 1. The van der Waals surface area contributed by atoms with Crippen LogP contribution < -0.4 is 5.32 Å². The van der Waals surface area contributed by atoms with Crippen LogP contribution in [0.5, 0.6) is 0 Å². The van der Waals surface area contributed by atoms with E-state index in [9.17, 15) is 13.2 Å². The molecule has 3 aromatic rings. The van der Waals surface area contributed by atoms with E-state index in [4.69, 9.17) is 0 Å². The second-order valence-corrected chi connectivity index (χ2v) is 10.4. The van der Waals surface area contributed by atoms with Crippen molar-refractivity contribution in [3.63, 3.8) is 0 Å². The number of hydrogen-bond acceptors (Lipinski definition) is 4. The van der Waals surface area contributed by atoms with Crippen LogP contribution in [0, 0.1) is 0 Å². The Morgan fingerprint density at radius 2 is 1.72 bits per heavy atom. The SMILES string of the molecule is CN(C)S(=O)(=O)c1ccccc1CNC(=O)c1cc2c(s1)-c1ccccc1CC2. The summed E-state index contributed by atoms with van der Waals surface area (Å²) in [5.74, 6) is -0.182. The summed E-state index contributed by atoms with van der Waals surface area (Å²) in [4.78, 5) is 14.8. The predicted molar refractivity (Wildman–Crippen MR) is 116 cm³/mol. The molecule has 29 heavy (non-hydrogen) atoms. The first-order valence-corrected chi connectivity index (χ1v) is 11.6. The van der Waals surface area contributed by atoms with E-state index in [-0.39, 0.29) is 17.3 Å². The summed E-state index contributed by atoms with van der Waals surface area (Å²) in [7, 11) is -0.574. The molecule has 1 amide bonds. The summed E-state index contributed by atoms with van der Waals surface area (Å²) in [6.07, 6.45) is 1.91. The van der Waals surface area contributed by atoms with Crippen LogP contribution in [0.15, 0.2) is 59.5 Å². The standard InChI is InChI=1S/C22H22N2O3S2/c1-24(2)29(26,27)20-10-6-4-8-17(20)14-23-22(25)19-13-16-12-11-15-7-3-5-9-18(15)21(16)28-19/h3-10,13H,11-12,14H2,1-2H3,(H,23,25). The molecule has 0 spiro atoms. The fourth-order valence-corrected chi connectivity index (χ4v) is 5.85. The van der Waals surface area contributed by atoms with Crippen molar-refractivity contribution in [2.45, 2.75) is 24.3 Å². The molecule has 0 fully saturated rings. The molecule has 1 heterocycles. The molecular formula is C22H22N2O3S2. The molecule has 5 nitrogen and oxygen atoms in total. The van der Waals surface area contributed by atoms with Crippen LogP contribution in [0.4, 0.5) is 0 Å². The van der Waals surface area contributed by atoms with Crippen LogP contribution in [0.1, 0.15) is 26.4 Å². The van der Waals surface area contributed by atoms with Crippen molar-refractivity contribution in [1.82, 2.24) is 9.62 Å². The molecule has 1 aromatic heterocycles. The zero-order valence-electron chi connectivity index (χ0n) is 16.3. The number of benzene rings is 2. The number of thiophene rings is 1. The van der Waals surface area contributed by atoms with Crippen molar-refractivity contribution in [3.8, 4) is 10.4 Å². The Labute approximate surface area is 175 Å². The first-order valence-electron chi connectivity index (χ1n) is 9.37. The number of amides is 1. The highest BCUT2D eigenvalue weighted by molar-refractivity contribution is 7.89. The molecule has 7 heteroatoms. The molecule has 150 valence electrons. The van der Waals surface area contributed by atoms with Gasteiger partial charge in [-0.1, -0.05) is 42.5 Å².